The van der Waals surface area contributed by atoms with E-state index in [0.29, 0.717) is 6.04 Å². The number of nitrogens with one attached hydrogen (secondary N) is 1. The van der Waals surface area contributed by atoms with Crippen LogP contribution in [0.3, 0.4) is 0 Å². The van der Waals surface area contributed by atoms with Crippen molar-refractivity contribution in [1.29, 1.82) is 0 Å². The van der Waals surface area contributed by atoms with Gasteiger partial charge in [-0.15, -0.1) is 0 Å². The summed E-state index contributed by atoms with van der Waals surface area (Å²) in [5, 5.41) is 3.64. The maximum Gasteiger partial charge on any atom is 0.0250 e. The molecule has 76 valence electrons. The van der Waals surface area contributed by atoms with Crippen molar-refractivity contribution in [3.8, 4) is 0 Å². The van der Waals surface area contributed by atoms with Gasteiger partial charge in [-0.25, -0.2) is 0 Å². The standard InChI is InChI=1S/C12H23N/c1-3-11(4-2)10-13-12-8-6-5-7-9-12/h6,8,11-13H,3-5,7,9-10H2,1-2H3. The van der Waals surface area contributed by atoms with Gasteiger partial charge in [-0.1, -0.05) is 38.8 Å². The summed E-state index contributed by atoms with van der Waals surface area (Å²) in [5.74, 6) is 0.871. The van der Waals surface area contributed by atoms with Gasteiger partial charge in [0.25, 0.3) is 0 Å². The molecule has 1 aliphatic carbocycles. The van der Waals surface area contributed by atoms with Crippen LogP contribution in [0.1, 0.15) is 46.0 Å². The van der Waals surface area contributed by atoms with Gasteiger partial charge < -0.3 is 5.32 Å². The van der Waals surface area contributed by atoms with Gasteiger partial charge in [0.15, 0.2) is 0 Å². The summed E-state index contributed by atoms with van der Waals surface area (Å²) < 4.78 is 0. The third-order valence-corrected chi connectivity index (χ3v) is 3.08. The second kappa shape index (κ2) is 6.20. The minimum Gasteiger partial charge on any atom is -0.310 e. The third kappa shape index (κ3) is 3.95. The first kappa shape index (κ1) is 10.8. The van der Waals surface area contributed by atoms with Crippen LogP contribution in [0.15, 0.2) is 12.2 Å². The van der Waals surface area contributed by atoms with Gasteiger partial charge in [-0.05, 0) is 31.7 Å². The Hall–Kier alpha value is -0.300. The second-order valence-electron chi connectivity index (χ2n) is 4.06. The number of allylic oxidation sites excluding steroid dienone is 1. The first-order valence-corrected chi connectivity index (χ1v) is 5.76. The van der Waals surface area contributed by atoms with Crippen LogP contribution in [0.25, 0.3) is 0 Å². The van der Waals surface area contributed by atoms with E-state index in [1.165, 1.54) is 38.6 Å². The average Bonchev–Trinajstić information content (AvgIpc) is 2.21. The van der Waals surface area contributed by atoms with Crippen LogP contribution >= 0.6 is 0 Å². The molecular formula is C12H23N. The molecule has 0 aromatic heterocycles. The Morgan fingerprint density at radius 2 is 2.15 bits per heavy atom. The summed E-state index contributed by atoms with van der Waals surface area (Å²) in [6.07, 6.45) is 11.2. The predicted octanol–water partition coefficient (Wildman–Crippen LogP) is 3.12. The summed E-state index contributed by atoms with van der Waals surface area (Å²) in [6, 6.07) is 0.661. The molecule has 1 atom stereocenters. The van der Waals surface area contributed by atoms with Crippen LogP contribution in [-0.4, -0.2) is 12.6 Å². The molecule has 0 heterocycles. The zero-order valence-corrected chi connectivity index (χ0v) is 9.05. The molecule has 1 rings (SSSR count). The lowest BCUT2D eigenvalue weighted by Crippen LogP contribution is -2.32. The molecule has 0 aliphatic heterocycles. The van der Waals surface area contributed by atoms with Gasteiger partial charge in [0.05, 0.1) is 0 Å². The summed E-state index contributed by atoms with van der Waals surface area (Å²) in [4.78, 5) is 0. The molecular weight excluding hydrogens is 158 g/mol. The van der Waals surface area contributed by atoms with Crippen LogP contribution < -0.4 is 5.32 Å². The predicted molar refractivity (Wildman–Crippen MR) is 58.9 cm³/mol. The van der Waals surface area contributed by atoms with Gasteiger partial charge >= 0.3 is 0 Å². The molecule has 0 aromatic carbocycles. The highest BCUT2D eigenvalue weighted by Gasteiger charge is 2.09. The molecule has 0 bridgehead atoms. The zero-order valence-electron chi connectivity index (χ0n) is 9.05. The van der Waals surface area contributed by atoms with E-state index >= 15 is 0 Å². The van der Waals surface area contributed by atoms with Gasteiger partial charge in [-0.3, -0.25) is 0 Å². The normalized spacial score (nSPS) is 22.5. The number of rotatable bonds is 5. The Kier molecular flexibility index (Phi) is 5.14. The minimum absolute atomic E-state index is 0.661. The second-order valence-corrected chi connectivity index (χ2v) is 4.06. The van der Waals surface area contributed by atoms with E-state index in [1.807, 2.05) is 0 Å². The molecule has 0 saturated carbocycles. The largest absolute Gasteiger partial charge is 0.310 e. The van der Waals surface area contributed by atoms with E-state index in [2.05, 4.69) is 31.3 Å². The summed E-state index contributed by atoms with van der Waals surface area (Å²) in [5.41, 5.74) is 0. The monoisotopic (exact) mass is 181 g/mol. The summed E-state index contributed by atoms with van der Waals surface area (Å²) >= 11 is 0. The van der Waals surface area contributed by atoms with E-state index in [9.17, 15) is 0 Å². The van der Waals surface area contributed by atoms with Crippen molar-refractivity contribution < 1.29 is 0 Å². The molecule has 1 nitrogen and oxygen atoms in total. The molecule has 1 aliphatic rings. The van der Waals surface area contributed by atoms with Crippen LogP contribution in [0.5, 0.6) is 0 Å². The summed E-state index contributed by atoms with van der Waals surface area (Å²) in [7, 11) is 0. The van der Waals surface area contributed by atoms with Gasteiger partial charge in [0.1, 0.15) is 0 Å². The molecule has 0 spiro atoms. The van der Waals surface area contributed by atoms with E-state index in [4.69, 9.17) is 0 Å². The molecule has 13 heavy (non-hydrogen) atoms. The lowest BCUT2D eigenvalue weighted by atomic mass is 10.00. The highest BCUT2D eigenvalue weighted by atomic mass is 14.9. The van der Waals surface area contributed by atoms with Crippen molar-refractivity contribution in [1.82, 2.24) is 5.32 Å². The minimum atomic E-state index is 0.661. The smallest absolute Gasteiger partial charge is 0.0250 e. The Labute approximate surface area is 82.6 Å². The van der Waals surface area contributed by atoms with Crippen molar-refractivity contribution in [2.45, 2.75) is 52.0 Å². The van der Waals surface area contributed by atoms with Crippen molar-refractivity contribution >= 4 is 0 Å². The summed E-state index contributed by atoms with van der Waals surface area (Å²) in [6.45, 7) is 5.76. The van der Waals surface area contributed by atoms with Crippen molar-refractivity contribution in [3.63, 3.8) is 0 Å². The molecule has 0 fully saturated rings. The maximum atomic E-state index is 3.64. The first-order chi connectivity index (χ1) is 6.36. The lowest BCUT2D eigenvalue weighted by Gasteiger charge is -2.21. The zero-order chi connectivity index (χ0) is 9.52. The van der Waals surface area contributed by atoms with Crippen LogP contribution in [-0.2, 0) is 0 Å². The molecule has 1 heteroatoms. The van der Waals surface area contributed by atoms with E-state index < -0.39 is 0 Å². The van der Waals surface area contributed by atoms with Crippen LogP contribution in [0.4, 0.5) is 0 Å². The van der Waals surface area contributed by atoms with Gasteiger partial charge in [-0.2, -0.15) is 0 Å². The Bertz CT molecular complexity index is 147. The Morgan fingerprint density at radius 3 is 2.69 bits per heavy atom. The molecule has 1 N–H and O–H groups in total. The van der Waals surface area contributed by atoms with E-state index in [1.54, 1.807) is 0 Å². The van der Waals surface area contributed by atoms with Gasteiger partial charge in [0.2, 0.25) is 0 Å². The quantitative estimate of drug-likeness (QED) is 0.643. The Balaban J connectivity index is 2.16. The van der Waals surface area contributed by atoms with Crippen LogP contribution in [0.2, 0.25) is 0 Å². The number of hydrogen-bond donors (Lipinski definition) is 1. The SMILES string of the molecule is CCC(CC)CNC1C=CCCC1. The maximum absolute atomic E-state index is 3.64. The van der Waals surface area contributed by atoms with Crippen LogP contribution in [0, 0.1) is 5.92 Å². The third-order valence-electron chi connectivity index (χ3n) is 3.08. The lowest BCUT2D eigenvalue weighted by molar-refractivity contribution is 0.414. The fourth-order valence-electron chi connectivity index (χ4n) is 1.88. The topological polar surface area (TPSA) is 12.0 Å². The molecule has 1 unspecified atom stereocenters. The van der Waals surface area contributed by atoms with E-state index in [-0.39, 0.29) is 0 Å². The molecule has 0 saturated heterocycles. The highest BCUT2D eigenvalue weighted by molar-refractivity contribution is 4.97. The first-order valence-electron chi connectivity index (χ1n) is 5.76. The average molecular weight is 181 g/mol. The van der Waals surface area contributed by atoms with E-state index in [0.717, 1.165) is 5.92 Å². The number of hydrogen-bond acceptors (Lipinski definition) is 1. The Morgan fingerprint density at radius 1 is 1.38 bits per heavy atom. The molecule has 0 aromatic rings. The molecule has 0 amide bonds. The molecule has 0 radical (unpaired) electrons. The van der Waals surface area contributed by atoms with Crippen molar-refractivity contribution in [2.24, 2.45) is 5.92 Å². The fourth-order valence-corrected chi connectivity index (χ4v) is 1.88. The van der Waals surface area contributed by atoms with Gasteiger partial charge in [0, 0.05) is 6.04 Å². The fraction of sp³-hybridized carbons (Fsp3) is 0.833. The van der Waals surface area contributed by atoms with Crippen molar-refractivity contribution in [3.05, 3.63) is 12.2 Å². The highest BCUT2D eigenvalue weighted by Crippen LogP contribution is 2.12. The van der Waals surface area contributed by atoms with Crippen molar-refractivity contribution in [2.75, 3.05) is 6.54 Å².